The van der Waals surface area contributed by atoms with Gasteiger partial charge in [0.2, 0.25) is 5.91 Å². The summed E-state index contributed by atoms with van der Waals surface area (Å²) in [7, 11) is 3.90. The van der Waals surface area contributed by atoms with E-state index in [1.54, 1.807) is 11.3 Å². The van der Waals surface area contributed by atoms with Crippen molar-refractivity contribution in [2.75, 3.05) is 32.1 Å². The summed E-state index contributed by atoms with van der Waals surface area (Å²) in [5.41, 5.74) is 0.892. The SMILES string of the molecule is CN(C)c1nc(C2CNC(=O)CO2)cs1. The van der Waals surface area contributed by atoms with Crippen molar-refractivity contribution in [2.45, 2.75) is 6.10 Å². The van der Waals surface area contributed by atoms with Crippen LogP contribution in [0, 0.1) is 0 Å². The lowest BCUT2D eigenvalue weighted by Crippen LogP contribution is -2.38. The second-order valence-electron chi connectivity index (χ2n) is 3.55. The third kappa shape index (κ3) is 2.27. The van der Waals surface area contributed by atoms with E-state index in [9.17, 15) is 4.79 Å². The van der Waals surface area contributed by atoms with Gasteiger partial charge in [0.15, 0.2) is 5.13 Å². The van der Waals surface area contributed by atoms with E-state index >= 15 is 0 Å². The van der Waals surface area contributed by atoms with E-state index in [0.29, 0.717) is 6.54 Å². The number of rotatable bonds is 2. The Labute approximate surface area is 92.1 Å². The normalized spacial score (nSPS) is 21.2. The number of aromatic nitrogens is 1. The first-order chi connectivity index (χ1) is 7.16. The molecular weight excluding hydrogens is 214 g/mol. The maximum Gasteiger partial charge on any atom is 0.246 e. The van der Waals surface area contributed by atoms with E-state index in [1.807, 2.05) is 24.4 Å². The van der Waals surface area contributed by atoms with Crippen LogP contribution in [0.1, 0.15) is 11.8 Å². The molecule has 0 aliphatic carbocycles. The van der Waals surface area contributed by atoms with Crippen molar-refractivity contribution in [2.24, 2.45) is 0 Å². The Morgan fingerprint density at radius 2 is 2.47 bits per heavy atom. The molecule has 1 aliphatic rings. The summed E-state index contributed by atoms with van der Waals surface area (Å²) in [5, 5.41) is 5.68. The molecule has 15 heavy (non-hydrogen) atoms. The standard InChI is InChI=1S/C9H13N3O2S/c1-12(2)9-11-6(5-15-9)7-3-10-8(13)4-14-7/h5,7H,3-4H2,1-2H3,(H,10,13). The number of anilines is 1. The zero-order valence-corrected chi connectivity index (χ0v) is 9.50. The molecule has 1 aromatic heterocycles. The van der Waals surface area contributed by atoms with Crippen molar-refractivity contribution in [1.29, 1.82) is 0 Å². The molecule has 1 unspecified atom stereocenters. The minimum absolute atomic E-state index is 0.0608. The van der Waals surface area contributed by atoms with Crippen LogP contribution in [-0.2, 0) is 9.53 Å². The Kier molecular flexibility index (Phi) is 2.88. The van der Waals surface area contributed by atoms with E-state index in [1.165, 1.54) is 0 Å². The van der Waals surface area contributed by atoms with Crippen LogP contribution in [0.5, 0.6) is 0 Å². The Balaban J connectivity index is 2.06. The number of hydrogen-bond donors (Lipinski definition) is 1. The first kappa shape index (κ1) is 10.4. The Bertz CT molecular complexity index is 354. The molecular formula is C9H13N3O2S. The molecule has 5 nitrogen and oxygen atoms in total. The summed E-state index contributed by atoms with van der Waals surface area (Å²) in [5.74, 6) is -0.0608. The fourth-order valence-electron chi connectivity index (χ4n) is 1.31. The minimum Gasteiger partial charge on any atom is -0.360 e. The molecule has 1 saturated heterocycles. The summed E-state index contributed by atoms with van der Waals surface area (Å²) in [6.45, 7) is 0.634. The van der Waals surface area contributed by atoms with E-state index in [4.69, 9.17) is 4.74 Å². The van der Waals surface area contributed by atoms with E-state index in [2.05, 4.69) is 10.3 Å². The van der Waals surface area contributed by atoms with Gasteiger partial charge < -0.3 is 15.0 Å². The molecule has 2 heterocycles. The quantitative estimate of drug-likeness (QED) is 0.794. The highest BCUT2D eigenvalue weighted by atomic mass is 32.1. The number of morpholine rings is 1. The highest BCUT2D eigenvalue weighted by Gasteiger charge is 2.22. The molecule has 1 aromatic rings. The lowest BCUT2D eigenvalue weighted by Gasteiger charge is -2.21. The average molecular weight is 227 g/mol. The molecule has 0 spiro atoms. The van der Waals surface area contributed by atoms with Crippen LogP contribution in [0.25, 0.3) is 0 Å². The van der Waals surface area contributed by atoms with Crippen molar-refractivity contribution >= 4 is 22.4 Å². The van der Waals surface area contributed by atoms with E-state index in [0.717, 1.165) is 10.8 Å². The van der Waals surface area contributed by atoms with Gasteiger partial charge in [0, 0.05) is 26.0 Å². The zero-order chi connectivity index (χ0) is 10.8. The summed E-state index contributed by atoms with van der Waals surface area (Å²) in [6, 6.07) is 0. The average Bonchev–Trinajstić information content (AvgIpc) is 2.68. The Morgan fingerprint density at radius 3 is 3.00 bits per heavy atom. The molecule has 1 amide bonds. The molecule has 1 atom stereocenters. The monoisotopic (exact) mass is 227 g/mol. The van der Waals surface area contributed by atoms with Crippen LogP contribution in [-0.4, -0.2) is 38.1 Å². The Morgan fingerprint density at radius 1 is 1.67 bits per heavy atom. The maximum atomic E-state index is 10.9. The molecule has 6 heteroatoms. The third-order valence-corrected chi connectivity index (χ3v) is 3.15. The predicted octanol–water partition coefficient (Wildman–Crippen LogP) is 0.397. The van der Waals surface area contributed by atoms with Gasteiger partial charge in [-0.15, -0.1) is 11.3 Å². The van der Waals surface area contributed by atoms with Crippen molar-refractivity contribution in [3.63, 3.8) is 0 Å². The zero-order valence-electron chi connectivity index (χ0n) is 8.69. The van der Waals surface area contributed by atoms with Crippen LogP contribution >= 0.6 is 11.3 Å². The highest BCUT2D eigenvalue weighted by Crippen LogP contribution is 2.25. The van der Waals surface area contributed by atoms with Gasteiger partial charge in [-0.25, -0.2) is 4.98 Å². The van der Waals surface area contributed by atoms with E-state index < -0.39 is 0 Å². The summed E-state index contributed by atoms with van der Waals surface area (Å²) in [4.78, 5) is 17.3. The molecule has 0 radical (unpaired) electrons. The number of amides is 1. The summed E-state index contributed by atoms with van der Waals surface area (Å²) in [6.07, 6.45) is -0.104. The van der Waals surface area contributed by atoms with Gasteiger partial charge in [-0.3, -0.25) is 4.79 Å². The fraction of sp³-hybridized carbons (Fsp3) is 0.556. The smallest absolute Gasteiger partial charge is 0.246 e. The second kappa shape index (κ2) is 4.16. The number of carbonyl (C=O) groups is 1. The second-order valence-corrected chi connectivity index (χ2v) is 4.39. The molecule has 0 bridgehead atoms. The van der Waals surface area contributed by atoms with Crippen LogP contribution in [0.4, 0.5) is 5.13 Å². The number of ether oxygens (including phenoxy) is 1. The fourth-order valence-corrected chi connectivity index (χ4v) is 2.11. The molecule has 1 aliphatic heterocycles. The Hall–Kier alpha value is -1.14. The van der Waals surface area contributed by atoms with Crippen LogP contribution in [0.15, 0.2) is 5.38 Å². The topological polar surface area (TPSA) is 54.5 Å². The van der Waals surface area contributed by atoms with Crippen LogP contribution in [0.3, 0.4) is 0 Å². The van der Waals surface area contributed by atoms with Crippen LogP contribution in [0.2, 0.25) is 0 Å². The van der Waals surface area contributed by atoms with Crippen molar-refractivity contribution < 1.29 is 9.53 Å². The number of carbonyl (C=O) groups excluding carboxylic acids is 1. The molecule has 82 valence electrons. The van der Waals surface area contributed by atoms with E-state index in [-0.39, 0.29) is 18.6 Å². The predicted molar refractivity (Wildman–Crippen MR) is 58.1 cm³/mol. The van der Waals surface area contributed by atoms with Gasteiger partial charge in [-0.05, 0) is 0 Å². The molecule has 0 saturated carbocycles. The molecule has 1 fully saturated rings. The summed E-state index contributed by atoms with van der Waals surface area (Å²) < 4.78 is 5.38. The maximum absolute atomic E-state index is 10.9. The largest absolute Gasteiger partial charge is 0.360 e. The number of thiazole rings is 1. The van der Waals surface area contributed by atoms with Gasteiger partial charge in [-0.2, -0.15) is 0 Å². The minimum atomic E-state index is -0.104. The van der Waals surface area contributed by atoms with Crippen molar-refractivity contribution in [3.05, 3.63) is 11.1 Å². The third-order valence-electron chi connectivity index (χ3n) is 2.12. The molecule has 0 aromatic carbocycles. The lowest BCUT2D eigenvalue weighted by molar-refractivity contribution is -0.133. The number of nitrogens with zero attached hydrogens (tertiary/aromatic N) is 2. The highest BCUT2D eigenvalue weighted by molar-refractivity contribution is 7.13. The van der Waals surface area contributed by atoms with Gasteiger partial charge in [-0.1, -0.05) is 0 Å². The van der Waals surface area contributed by atoms with Crippen molar-refractivity contribution in [1.82, 2.24) is 10.3 Å². The van der Waals surface area contributed by atoms with Gasteiger partial charge >= 0.3 is 0 Å². The first-order valence-corrected chi connectivity index (χ1v) is 5.56. The summed E-state index contributed by atoms with van der Waals surface area (Å²) >= 11 is 1.57. The number of hydrogen-bond acceptors (Lipinski definition) is 5. The van der Waals surface area contributed by atoms with Crippen LogP contribution < -0.4 is 10.2 Å². The van der Waals surface area contributed by atoms with Gasteiger partial charge in [0.25, 0.3) is 0 Å². The van der Waals surface area contributed by atoms with Crippen molar-refractivity contribution in [3.8, 4) is 0 Å². The van der Waals surface area contributed by atoms with Gasteiger partial charge in [0.1, 0.15) is 12.7 Å². The number of nitrogens with one attached hydrogen (secondary N) is 1. The molecule has 2 rings (SSSR count). The first-order valence-electron chi connectivity index (χ1n) is 4.68. The molecule has 1 N–H and O–H groups in total. The van der Waals surface area contributed by atoms with Gasteiger partial charge in [0.05, 0.1) is 5.69 Å². The lowest BCUT2D eigenvalue weighted by atomic mass is 10.2.